The number of rotatable bonds is 8. The highest BCUT2D eigenvalue weighted by Gasteiger charge is 2.27. The lowest BCUT2D eigenvalue weighted by Crippen LogP contribution is -2.36. The molecule has 3 aromatic rings. The van der Waals surface area contributed by atoms with Crippen LogP contribution < -0.4 is 5.56 Å². The average molecular weight is 438 g/mol. The number of hydrogen-bond donors (Lipinski definition) is 1. The Morgan fingerprint density at radius 2 is 1.68 bits per heavy atom. The van der Waals surface area contributed by atoms with E-state index in [9.17, 15) is 4.79 Å². The molecule has 31 heavy (non-hydrogen) atoms. The monoisotopic (exact) mass is 437 g/mol. The number of H-pyrrole nitrogens is 1. The molecule has 4 rings (SSSR count). The van der Waals surface area contributed by atoms with Crippen molar-refractivity contribution in [3.05, 3.63) is 87.8 Å². The molecule has 1 aliphatic heterocycles. The molecule has 0 radical (unpaired) electrons. The third-order valence-corrected chi connectivity index (χ3v) is 6.97. The second-order valence-electron chi connectivity index (χ2n) is 8.65. The van der Waals surface area contributed by atoms with Crippen molar-refractivity contribution in [3.8, 4) is 5.69 Å². The summed E-state index contributed by atoms with van der Waals surface area (Å²) in [4.78, 5) is 15.4. The van der Waals surface area contributed by atoms with Gasteiger partial charge in [-0.25, -0.2) is 4.68 Å². The van der Waals surface area contributed by atoms with E-state index in [0.717, 1.165) is 30.4 Å². The van der Waals surface area contributed by atoms with Crippen LogP contribution in [0.5, 0.6) is 0 Å². The molecule has 0 spiro atoms. The number of aromatic nitrogens is 2. The van der Waals surface area contributed by atoms with Gasteiger partial charge in [0.1, 0.15) is 0 Å². The highest BCUT2D eigenvalue weighted by Crippen LogP contribution is 2.29. The summed E-state index contributed by atoms with van der Waals surface area (Å²) in [5, 5.41) is 3.36. The fourth-order valence-electron chi connectivity index (χ4n) is 4.77. The van der Waals surface area contributed by atoms with Gasteiger partial charge in [0.25, 0.3) is 5.56 Å². The zero-order valence-electron chi connectivity index (χ0n) is 18.3. The van der Waals surface area contributed by atoms with Crippen LogP contribution in [-0.4, -0.2) is 27.8 Å². The minimum Gasteiger partial charge on any atom is -0.295 e. The van der Waals surface area contributed by atoms with Crippen molar-refractivity contribution in [1.29, 1.82) is 0 Å². The Balaban J connectivity index is 1.36. The van der Waals surface area contributed by atoms with Crippen LogP contribution in [0.1, 0.15) is 55.5 Å². The standard InChI is InChI=1S/C26H32ClN3O/c1-20(25-24(19-27)26(31)30(28-25)23-13-6-3-7-14-23)29-17-15-22(16-18-29)12-8-11-21-9-4-2-5-10-21/h2-7,9-10,13-14,20,22,28H,8,11-12,15-19H2,1H3. The van der Waals surface area contributed by atoms with E-state index in [-0.39, 0.29) is 17.5 Å². The van der Waals surface area contributed by atoms with E-state index in [0.29, 0.717) is 5.56 Å². The van der Waals surface area contributed by atoms with Gasteiger partial charge in [-0.2, -0.15) is 0 Å². The lowest BCUT2D eigenvalue weighted by molar-refractivity contribution is 0.134. The van der Waals surface area contributed by atoms with Gasteiger partial charge < -0.3 is 0 Å². The predicted octanol–water partition coefficient (Wildman–Crippen LogP) is 5.70. The maximum atomic E-state index is 12.9. The van der Waals surface area contributed by atoms with Gasteiger partial charge in [0.2, 0.25) is 0 Å². The minimum atomic E-state index is -0.0427. The first-order chi connectivity index (χ1) is 15.2. The molecular weight excluding hydrogens is 406 g/mol. The molecule has 164 valence electrons. The molecule has 1 aliphatic rings. The third kappa shape index (κ3) is 5.13. The zero-order valence-corrected chi connectivity index (χ0v) is 19.0. The smallest absolute Gasteiger partial charge is 0.275 e. The van der Waals surface area contributed by atoms with E-state index in [4.69, 9.17) is 11.6 Å². The summed E-state index contributed by atoms with van der Waals surface area (Å²) in [6.45, 7) is 4.32. The Bertz CT molecular complexity index is 1000. The van der Waals surface area contributed by atoms with Gasteiger partial charge in [0.15, 0.2) is 0 Å². The molecule has 1 unspecified atom stereocenters. The Morgan fingerprint density at radius 1 is 1.03 bits per heavy atom. The quantitative estimate of drug-likeness (QED) is 0.459. The van der Waals surface area contributed by atoms with Gasteiger partial charge in [-0.1, -0.05) is 55.0 Å². The Hall–Kier alpha value is -2.30. The molecule has 2 heterocycles. The second-order valence-corrected chi connectivity index (χ2v) is 8.91. The summed E-state index contributed by atoms with van der Waals surface area (Å²) >= 11 is 6.20. The van der Waals surface area contributed by atoms with E-state index in [1.165, 1.54) is 37.7 Å². The number of alkyl halides is 1. The summed E-state index contributed by atoms with van der Waals surface area (Å²) in [7, 11) is 0. The van der Waals surface area contributed by atoms with Crippen LogP contribution in [0, 0.1) is 5.92 Å². The van der Waals surface area contributed by atoms with Gasteiger partial charge in [0, 0.05) is 6.04 Å². The van der Waals surface area contributed by atoms with E-state index < -0.39 is 0 Å². The normalized spacial score (nSPS) is 16.5. The van der Waals surface area contributed by atoms with E-state index >= 15 is 0 Å². The Kier molecular flexibility index (Phi) is 7.31. The van der Waals surface area contributed by atoms with Gasteiger partial charge in [-0.05, 0) is 69.3 Å². The van der Waals surface area contributed by atoms with E-state index in [2.05, 4.69) is 47.3 Å². The van der Waals surface area contributed by atoms with Gasteiger partial charge in [-0.15, -0.1) is 11.6 Å². The van der Waals surface area contributed by atoms with E-state index in [1.54, 1.807) is 4.68 Å². The fraction of sp³-hybridized carbons (Fsp3) is 0.423. The highest BCUT2D eigenvalue weighted by molar-refractivity contribution is 6.17. The van der Waals surface area contributed by atoms with Crippen molar-refractivity contribution in [2.45, 2.75) is 50.9 Å². The second kappa shape index (κ2) is 10.3. The number of nitrogens with zero attached hydrogens (tertiary/aromatic N) is 2. The number of nitrogens with one attached hydrogen (secondary N) is 1. The van der Waals surface area contributed by atoms with Gasteiger partial charge >= 0.3 is 0 Å². The van der Waals surface area contributed by atoms with Gasteiger partial charge in [-0.3, -0.25) is 14.8 Å². The number of hydrogen-bond acceptors (Lipinski definition) is 2. The number of para-hydroxylation sites is 1. The first-order valence-corrected chi connectivity index (χ1v) is 11.9. The molecule has 5 heteroatoms. The summed E-state index contributed by atoms with van der Waals surface area (Å²) < 4.78 is 1.62. The maximum Gasteiger partial charge on any atom is 0.275 e. The fourth-order valence-corrected chi connectivity index (χ4v) is 5.03. The van der Waals surface area contributed by atoms with Crippen molar-refractivity contribution >= 4 is 11.6 Å². The lowest BCUT2D eigenvalue weighted by Gasteiger charge is -2.36. The predicted molar refractivity (Wildman–Crippen MR) is 128 cm³/mol. The number of halogens is 1. The van der Waals surface area contributed by atoms with Crippen LogP contribution in [0.4, 0.5) is 0 Å². The maximum absolute atomic E-state index is 12.9. The molecule has 0 aliphatic carbocycles. The summed E-state index contributed by atoms with van der Waals surface area (Å²) in [6.07, 6.45) is 6.17. The molecule has 0 bridgehead atoms. The van der Waals surface area contributed by atoms with Crippen molar-refractivity contribution in [1.82, 2.24) is 14.7 Å². The molecule has 1 saturated heterocycles. The van der Waals surface area contributed by atoms with Gasteiger partial charge in [0.05, 0.1) is 22.8 Å². The number of aryl methyl sites for hydroxylation is 1. The Morgan fingerprint density at radius 3 is 2.32 bits per heavy atom. The summed E-state index contributed by atoms with van der Waals surface area (Å²) in [6, 6.07) is 20.6. The number of likely N-dealkylation sites (tertiary alicyclic amines) is 1. The van der Waals surface area contributed by atoms with Crippen LogP contribution in [0.2, 0.25) is 0 Å². The van der Waals surface area contributed by atoms with Crippen molar-refractivity contribution in [3.63, 3.8) is 0 Å². The molecule has 4 nitrogen and oxygen atoms in total. The van der Waals surface area contributed by atoms with Crippen LogP contribution in [0.25, 0.3) is 5.69 Å². The number of benzene rings is 2. The topological polar surface area (TPSA) is 41.0 Å². The first-order valence-electron chi connectivity index (χ1n) is 11.4. The molecule has 2 aromatic carbocycles. The molecule has 1 N–H and O–H groups in total. The van der Waals surface area contributed by atoms with Crippen molar-refractivity contribution in [2.24, 2.45) is 5.92 Å². The van der Waals surface area contributed by atoms with Crippen molar-refractivity contribution < 1.29 is 0 Å². The first kappa shape index (κ1) is 21.9. The molecule has 1 atom stereocenters. The number of aromatic amines is 1. The Labute approximate surface area is 189 Å². The highest BCUT2D eigenvalue weighted by atomic mass is 35.5. The largest absolute Gasteiger partial charge is 0.295 e. The van der Waals surface area contributed by atoms with Crippen LogP contribution in [0.3, 0.4) is 0 Å². The SMILES string of the molecule is CC(c1[nH]n(-c2ccccc2)c(=O)c1CCl)N1CCC(CCCc2ccccc2)CC1. The molecule has 0 saturated carbocycles. The van der Waals surface area contributed by atoms with E-state index in [1.807, 2.05) is 30.3 Å². The van der Waals surface area contributed by atoms with Crippen LogP contribution in [-0.2, 0) is 12.3 Å². The summed E-state index contributed by atoms with van der Waals surface area (Å²) in [5.41, 5.74) is 3.87. The molecular formula is C26H32ClN3O. The lowest BCUT2D eigenvalue weighted by atomic mass is 9.90. The molecule has 1 fully saturated rings. The average Bonchev–Trinajstić information content (AvgIpc) is 3.16. The minimum absolute atomic E-state index is 0.0427. The van der Waals surface area contributed by atoms with Crippen LogP contribution >= 0.6 is 11.6 Å². The number of piperidine rings is 1. The zero-order chi connectivity index (χ0) is 21.6. The summed E-state index contributed by atoms with van der Waals surface area (Å²) in [5.74, 6) is 1.03. The van der Waals surface area contributed by atoms with Crippen molar-refractivity contribution in [2.75, 3.05) is 13.1 Å². The molecule has 1 aromatic heterocycles. The third-order valence-electron chi connectivity index (χ3n) is 6.70. The molecule has 0 amide bonds. The van der Waals surface area contributed by atoms with Crippen LogP contribution in [0.15, 0.2) is 65.5 Å².